The summed E-state index contributed by atoms with van der Waals surface area (Å²) >= 11 is 0. The highest BCUT2D eigenvalue weighted by Crippen LogP contribution is 2.60. The Labute approximate surface area is 142 Å². The molecule has 1 aliphatic rings. The van der Waals surface area contributed by atoms with E-state index >= 15 is 0 Å². The van der Waals surface area contributed by atoms with E-state index in [1.165, 1.54) is 6.08 Å². The van der Waals surface area contributed by atoms with Crippen LogP contribution in [0.4, 0.5) is 4.79 Å². The van der Waals surface area contributed by atoms with E-state index < -0.39 is 30.9 Å². The van der Waals surface area contributed by atoms with Gasteiger partial charge in [-0.1, -0.05) is 19.9 Å². The number of nitrogens with zero attached hydrogens (tertiary/aromatic N) is 1. The van der Waals surface area contributed by atoms with E-state index in [1.807, 2.05) is 0 Å². The van der Waals surface area contributed by atoms with E-state index in [0.717, 1.165) is 4.90 Å². The zero-order chi connectivity index (χ0) is 18.5. The van der Waals surface area contributed by atoms with E-state index in [-0.39, 0.29) is 38.2 Å². The van der Waals surface area contributed by atoms with Gasteiger partial charge < -0.3 is 19.3 Å². The predicted molar refractivity (Wildman–Crippen MR) is 87.6 cm³/mol. The molecule has 138 valence electrons. The predicted octanol–water partition coefficient (Wildman–Crippen LogP) is 2.05. The molecule has 2 N–H and O–H groups in total. The highest BCUT2D eigenvalue weighted by Gasteiger charge is 2.54. The molecule has 0 spiro atoms. The van der Waals surface area contributed by atoms with Crippen molar-refractivity contribution >= 4 is 19.7 Å². The van der Waals surface area contributed by atoms with Gasteiger partial charge in [-0.25, -0.2) is 9.59 Å². The maximum atomic E-state index is 12.4. The fourth-order valence-corrected chi connectivity index (χ4v) is 4.50. The molecule has 0 fully saturated rings. The van der Waals surface area contributed by atoms with Crippen LogP contribution < -0.4 is 0 Å². The van der Waals surface area contributed by atoms with E-state index in [4.69, 9.17) is 9.47 Å². The van der Waals surface area contributed by atoms with E-state index in [0.29, 0.717) is 0 Å². The summed E-state index contributed by atoms with van der Waals surface area (Å²) in [5.41, 5.74) is 0.229. The second-order valence-corrected chi connectivity index (χ2v) is 7.39. The lowest BCUT2D eigenvalue weighted by Crippen LogP contribution is -2.48. The number of rotatable bonds is 7. The van der Waals surface area contributed by atoms with Gasteiger partial charge in [0.05, 0.1) is 18.4 Å². The molecule has 1 heterocycles. The topological polar surface area (TPSA) is 113 Å². The van der Waals surface area contributed by atoms with Crippen LogP contribution in [0.1, 0.15) is 40.5 Å². The second-order valence-electron chi connectivity index (χ2n) is 5.45. The number of amides is 1. The summed E-state index contributed by atoms with van der Waals surface area (Å²) in [6, 6.07) is -1.18. The van der Waals surface area contributed by atoms with Crippen molar-refractivity contribution in [3.8, 4) is 0 Å². The molecule has 0 aromatic heterocycles. The first-order valence-electron chi connectivity index (χ1n) is 8.06. The Morgan fingerprint density at radius 2 is 1.75 bits per heavy atom. The third-order valence-electron chi connectivity index (χ3n) is 4.39. The molecule has 1 amide bonds. The third-order valence-corrected chi connectivity index (χ3v) is 6.40. The highest BCUT2D eigenvalue weighted by molar-refractivity contribution is 7.54. The second kappa shape index (κ2) is 8.14. The van der Waals surface area contributed by atoms with Crippen LogP contribution in [0.3, 0.4) is 0 Å². The molecule has 24 heavy (non-hydrogen) atoms. The van der Waals surface area contributed by atoms with Gasteiger partial charge in [-0.3, -0.25) is 9.46 Å². The van der Waals surface area contributed by atoms with Crippen molar-refractivity contribution in [1.82, 2.24) is 4.90 Å². The summed E-state index contributed by atoms with van der Waals surface area (Å²) in [4.78, 5) is 45.6. The number of hydrogen-bond acceptors (Lipinski definition) is 5. The van der Waals surface area contributed by atoms with Crippen molar-refractivity contribution in [2.75, 3.05) is 19.8 Å². The molecule has 1 unspecified atom stereocenters. The maximum Gasteiger partial charge on any atom is 0.411 e. The van der Waals surface area contributed by atoms with Crippen molar-refractivity contribution < 1.29 is 33.4 Å². The van der Waals surface area contributed by atoms with Crippen LogP contribution in [-0.4, -0.2) is 57.7 Å². The van der Waals surface area contributed by atoms with Gasteiger partial charge in [0.1, 0.15) is 0 Å². The molecule has 8 nitrogen and oxygen atoms in total. The van der Waals surface area contributed by atoms with Crippen molar-refractivity contribution in [1.29, 1.82) is 0 Å². The number of carbonyl (C=O) groups is 2. The minimum absolute atomic E-state index is 0.0411. The Balaban J connectivity index is 3.36. The maximum absolute atomic E-state index is 12.4. The average Bonchev–Trinajstić information content (AvgIpc) is 2.93. The SMILES string of the molecule is CCOC(=O)C1C(C(CC)(CC)P(=O)(O)O)=CCN1C(=O)OCC. The molecule has 1 atom stereocenters. The summed E-state index contributed by atoms with van der Waals surface area (Å²) < 4.78 is 22.2. The zero-order valence-electron chi connectivity index (χ0n) is 14.5. The Morgan fingerprint density at radius 3 is 2.17 bits per heavy atom. The van der Waals surface area contributed by atoms with Gasteiger partial charge in [0.15, 0.2) is 6.04 Å². The van der Waals surface area contributed by atoms with Gasteiger partial charge in [0.2, 0.25) is 0 Å². The van der Waals surface area contributed by atoms with E-state index in [2.05, 4.69) is 0 Å². The third kappa shape index (κ3) is 3.66. The van der Waals surface area contributed by atoms with Crippen LogP contribution in [0.15, 0.2) is 11.6 Å². The van der Waals surface area contributed by atoms with Crippen LogP contribution in [0.25, 0.3) is 0 Å². The average molecular weight is 363 g/mol. The molecule has 0 radical (unpaired) electrons. The molecule has 0 saturated heterocycles. The van der Waals surface area contributed by atoms with Gasteiger partial charge in [-0.05, 0) is 32.3 Å². The molecule has 0 saturated carbocycles. The molecule has 0 aliphatic carbocycles. The molecule has 0 aromatic rings. The van der Waals surface area contributed by atoms with Crippen molar-refractivity contribution in [2.24, 2.45) is 0 Å². The molecule has 0 bridgehead atoms. The van der Waals surface area contributed by atoms with Gasteiger partial charge in [0.25, 0.3) is 0 Å². The first-order valence-corrected chi connectivity index (χ1v) is 9.67. The summed E-state index contributed by atoms with van der Waals surface area (Å²) in [6.07, 6.45) is 1.08. The van der Waals surface area contributed by atoms with Gasteiger partial charge in [-0.15, -0.1) is 0 Å². The number of carbonyl (C=O) groups excluding carboxylic acids is 2. The summed E-state index contributed by atoms with van der Waals surface area (Å²) in [6.45, 7) is 6.84. The molecule has 9 heteroatoms. The largest absolute Gasteiger partial charge is 0.464 e. The molecular weight excluding hydrogens is 337 g/mol. The minimum atomic E-state index is -4.58. The minimum Gasteiger partial charge on any atom is -0.464 e. The molecular formula is C15H26NO7P. The summed E-state index contributed by atoms with van der Waals surface area (Å²) in [5, 5.41) is -1.51. The van der Waals surface area contributed by atoms with Crippen molar-refractivity contribution in [3.05, 3.63) is 11.6 Å². The van der Waals surface area contributed by atoms with Crippen molar-refractivity contribution in [3.63, 3.8) is 0 Å². The lowest BCUT2D eigenvalue weighted by Gasteiger charge is -2.37. The molecule has 1 aliphatic heterocycles. The standard InChI is InChI=1S/C15H26NO7P/c1-5-15(6-2,24(19,20)21)11-9-10-16(14(18)23-8-4)12(11)13(17)22-7-3/h9,12H,5-8,10H2,1-4H3,(H2,19,20,21). The Kier molecular flexibility index (Phi) is 7.01. The van der Waals surface area contributed by atoms with Crippen LogP contribution >= 0.6 is 7.60 Å². The first kappa shape index (κ1) is 20.7. The van der Waals surface area contributed by atoms with Crippen LogP contribution in [0.5, 0.6) is 0 Å². The normalized spacial score (nSPS) is 18.3. The quantitative estimate of drug-likeness (QED) is 0.404. The fourth-order valence-electron chi connectivity index (χ4n) is 3.13. The summed E-state index contributed by atoms with van der Waals surface area (Å²) in [7, 11) is -4.58. The number of hydrogen-bond donors (Lipinski definition) is 2. The Bertz CT molecular complexity index is 550. The monoisotopic (exact) mass is 363 g/mol. The van der Waals surface area contributed by atoms with Crippen molar-refractivity contribution in [2.45, 2.75) is 51.7 Å². The smallest absolute Gasteiger partial charge is 0.411 e. The van der Waals surface area contributed by atoms with Crippen LogP contribution in [0, 0.1) is 0 Å². The lowest BCUT2D eigenvalue weighted by atomic mass is 9.88. The molecule has 1 rings (SSSR count). The molecule has 0 aromatic carbocycles. The van der Waals surface area contributed by atoms with E-state index in [9.17, 15) is 23.9 Å². The van der Waals surface area contributed by atoms with Gasteiger partial charge in [-0.2, -0.15) is 0 Å². The van der Waals surface area contributed by atoms with Gasteiger partial charge >= 0.3 is 19.7 Å². The van der Waals surface area contributed by atoms with E-state index in [1.54, 1.807) is 27.7 Å². The number of esters is 1. The Hall–Kier alpha value is -1.37. The zero-order valence-corrected chi connectivity index (χ0v) is 15.4. The first-order chi connectivity index (χ1) is 11.2. The van der Waals surface area contributed by atoms with Gasteiger partial charge in [0, 0.05) is 6.54 Å². The van der Waals surface area contributed by atoms with Crippen LogP contribution in [-0.2, 0) is 18.8 Å². The van der Waals surface area contributed by atoms with Crippen LogP contribution in [0.2, 0.25) is 0 Å². The highest BCUT2D eigenvalue weighted by atomic mass is 31.2. The Morgan fingerprint density at radius 1 is 1.21 bits per heavy atom. The number of ether oxygens (including phenoxy) is 2. The fraction of sp³-hybridized carbons (Fsp3) is 0.733. The lowest BCUT2D eigenvalue weighted by molar-refractivity contribution is -0.147. The summed E-state index contributed by atoms with van der Waals surface area (Å²) in [5.74, 6) is -0.714.